The Morgan fingerprint density at radius 3 is 2.42 bits per heavy atom. The number of likely N-dealkylation sites (tertiary alicyclic amines) is 1. The van der Waals surface area contributed by atoms with Crippen molar-refractivity contribution in [1.29, 1.82) is 10.8 Å². The number of hydrogen-bond acceptors (Lipinski definition) is 3. The van der Waals surface area contributed by atoms with Gasteiger partial charge in [0, 0.05) is 17.3 Å². The Hall–Kier alpha value is -3.07. The van der Waals surface area contributed by atoms with E-state index in [4.69, 9.17) is 22.4 Å². The molecule has 0 spiro atoms. The van der Waals surface area contributed by atoms with Crippen LogP contribution in [-0.4, -0.2) is 40.6 Å². The molecule has 0 aromatic heterocycles. The molecular formula is C21H21ClF3N5O. The Morgan fingerprint density at radius 2 is 1.84 bits per heavy atom. The molecule has 3 rings (SSSR count). The van der Waals surface area contributed by atoms with Crippen molar-refractivity contribution < 1.29 is 18.0 Å². The molecule has 0 saturated carbocycles. The molecular weight excluding hydrogens is 431 g/mol. The van der Waals surface area contributed by atoms with Crippen molar-refractivity contribution in [3.8, 4) is 0 Å². The van der Waals surface area contributed by atoms with E-state index in [2.05, 4.69) is 5.32 Å². The Balaban J connectivity index is 1.67. The average molecular weight is 452 g/mol. The van der Waals surface area contributed by atoms with Gasteiger partial charge in [-0.05, 0) is 54.8 Å². The molecule has 1 aliphatic rings. The van der Waals surface area contributed by atoms with Gasteiger partial charge in [0.1, 0.15) is 5.84 Å². The van der Waals surface area contributed by atoms with Crippen molar-refractivity contribution in [2.24, 2.45) is 0 Å². The second kappa shape index (κ2) is 9.38. The lowest BCUT2D eigenvalue weighted by molar-refractivity contribution is -0.137. The van der Waals surface area contributed by atoms with Crippen molar-refractivity contribution in [1.82, 2.24) is 9.80 Å². The van der Waals surface area contributed by atoms with E-state index in [9.17, 15) is 18.0 Å². The van der Waals surface area contributed by atoms with Crippen LogP contribution in [0.3, 0.4) is 0 Å². The van der Waals surface area contributed by atoms with E-state index < -0.39 is 23.8 Å². The fourth-order valence-electron chi connectivity index (χ4n) is 3.41. The predicted molar refractivity (Wildman–Crippen MR) is 114 cm³/mol. The molecule has 6 nitrogen and oxygen atoms in total. The van der Waals surface area contributed by atoms with Gasteiger partial charge in [-0.2, -0.15) is 13.2 Å². The summed E-state index contributed by atoms with van der Waals surface area (Å²) in [5.41, 5.74) is 0.298. The number of amidine groups is 1. The number of amides is 2. The van der Waals surface area contributed by atoms with Crippen LogP contribution >= 0.6 is 11.6 Å². The molecule has 3 N–H and O–H groups in total. The number of nitrogens with one attached hydrogen (secondary N) is 3. The number of benzene rings is 2. The summed E-state index contributed by atoms with van der Waals surface area (Å²) >= 11 is 5.89. The second-order valence-corrected chi connectivity index (χ2v) is 7.56. The summed E-state index contributed by atoms with van der Waals surface area (Å²) in [5.74, 6) is 0.102. The Kier molecular flexibility index (Phi) is 6.84. The van der Waals surface area contributed by atoms with Gasteiger partial charge in [0.2, 0.25) is 0 Å². The molecule has 0 radical (unpaired) electrons. The van der Waals surface area contributed by atoms with Gasteiger partial charge in [0.05, 0.1) is 24.5 Å². The first-order valence-electron chi connectivity index (χ1n) is 9.54. The van der Waals surface area contributed by atoms with Crippen LogP contribution < -0.4 is 5.32 Å². The minimum Gasteiger partial charge on any atom is -0.315 e. The van der Waals surface area contributed by atoms with E-state index in [0.717, 1.165) is 24.0 Å². The molecule has 1 atom stereocenters. The predicted octanol–water partition coefficient (Wildman–Crippen LogP) is 5.44. The standard InChI is InChI=1S/C21H21ClF3N5O/c22-16-7-3-14(4-8-16)12-29(13-26)19(27)18-2-1-11-30(18)20(31)28-17-9-5-15(6-10-17)21(23,24)25/h3-10,13,18,26-27H,1-2,11-12H2,(H,28,31)/t18-/m1/s1. The minimum atomic E-state index is -4.45. The largest absolute Gasteiger partial charge is 0.416 e. The molecule has 0 unspecified atom stereocenters. The molecule has 2 aromatic carbocycles. The van der Waals surface area contributed by atoms with Crippen molar-refractivity contribution in [2.45, 2.75) is 31.6 Å². The van der Waals surface area contributed by atoms with Crippen LogP contribution in [0.25, 0.3) is 0 Å². The fraction of sp³-hybridized carbons (Fsp3) is 0.286. The van der Waals surface area contributed by atoms with Crippen LogP contribution in [0.5, 0.6) is 0 Å². The molecule has 1 fully saturated rings. The third kappa shape index (κ3) is 5.55. The summed E-state index contributed by atoms with van der Waals surface area (Å²) in [7, 11) is 0. The molecule has 1 aliphatic heterocycles. The third-order valence-corrected chi connectivity index (χ3v) is 5.28. The normalized spacial score (nSPS) is 16.1. The number of hydrogen-bond donors (Lipinski definition) is 3. The van der Waals surface area contributed by atoms with Gasteiger partial charge in [0.25, 0.3) is 0 Å². The number of rotatable bonds is 5. The molecule has 0 bridgehead atoms. The highest BCUT2D eigenvalue weighted by atomic mass is 35.5. The zero-order valence-corrected chi connectivity index (χ0v) is 17.2. The second-order valence-electron chi connectivity index (χ2n) is 7.13. The summed E-state index contributed by atoms with van der Waals surface area (Å²) in [4.78, 5) is 15.6. The van der Waals surface area contributed by atoms with Crippen LogP contribution in [-0.2, 0) is 12.7 Å². The van der Waals surface area contributed by atoms with Crippen LogP contribution in [0, 0.1) is 10.8 Å². The lowest BCUT2D eigenvalue weighted by Gasteiger charge is -2.30. The summed E-state index contributed by atoms with van der Waals surface area (Å²) in [6, 6.07) is 10.2. The van der Waals surface area contributed by atoms with Gasteiger partial charge in [-0.25, -0.2) is 4.79 Å². The molecule has 1 heterocycles. The maximum atomic E-state index is 12.7. The minimum absolute atomic E-state index is 0.102. The number of anilines is 1. The van der Waals surface area contributed by atoms with Gasteiger partial charge in [-0.3, -0.25) is 10.8 Å². The topological polar surface area (TPSA) is 83.3 Å². The van der Waals surface area contributed by atoms with E-state index >= 15 is 0 Å². The maximum Gasteiger partial charge on any atom is 0.416 e. The van der Waals surface area contributed by atoms with Gasteiger partial charge in [-0.15, -0.1) is 0 Å². The summed E-state index contributed by atoms with van der Waals surface area (Å²) in [6.07, 6.45) is -2.16. The van der Waals surface area contributed by atoms with Gasteiger partial charge >= 0.3 is 12.2 Å². The summed E-state index contributed by atoms with van der Waals surface area (Å²) in [5, 5.41) is 19.4. The molecule has 2 aromatic rings. The van der Waals surface area contributed by atoms with E-state index in [1.165, 1.54) is 21.9 Å². The number of alkyl halides is 3. The highest BCUT2D eigenvalue weighted by molar-refractivity contribution is 6.30. The Bertz CT molecular complexity index is 947. The van der Waals surface area contributed by atoms with Crippen LogP contribution in [0.4, 0.5) is 23.7 Å². The van der Waals surface area contributed by atoms with E-state index in [-0.39, 0.29) is 18.1 Å². The third-order valence-electron chi connectivity index (χ3n) is 5.02. The van der Waals surface area contributed by atoms with Gasteiger partial charge < -0.3 is 15.1 Å². The van der Waals surface area contributed by atoms with E-state index in [1.54, 1.807) is 24.3 Å². The Labute approximate surface area is 182 Å². The van der Waals surface area contributed by atoms with Crippen molar-refractivity contribution in [2.75, 3.05) is 11.9 Å². The lowest BCUT2D eigenvalue weighted by Crippen LogP contribution is -2.48. The van der Waals surface area contributed by atoms with Crippen molar-refractivity contribution in [3.63, 3.8) is 0 Å². The monoisotopic (exact) mass is 451 g/mol. The molecule has 0 aliphatic carbocycles. The number of halogens is 4. The zero-order chi connectivity index (χ0) is 22.6. The van der Waals surface area contributed by atoms with E-state index in [0.29, 0.717) is 24.4 Å². The van der Waals surface area contributed by atoms with Crippen LogP contribution in [0.1, 0.15) is 24.0 Å². The van der Waals surface area contributed by atoms with Crippen molar-refractivity contribution in [3.05, 3.63) is 64.7 Å². The first kappa shape index (κ1) is 22.6. The summed E-state index contributed by atoms with van der Waals surface area (Å²) < 4.78 is 38.1. The smallest absolute Gasteiger partial charge is 0.315 e. The van der Waals surface area contributed by atoms with Crippen LogP contribution in [0.2, 0.25) is 5.02 Å². The lowest BCUT2D eigenvalue weighted by atomic mass is 10.1. The maximum absolute atomic E-state index is 12.7. The molecule has 10 heteroatoms. The quantitative estimate of drug-likeness (QED) is 0.417. The number of nitrogens with zero attached hydrogens (tertiary/aromatic N) is 2. The Morgan fingerprint density at radius 1 is 1.19 bits per heavy atom. The fourth-order valence-corrected chi connectivity index (χ4v) is 3.54. The zero-order valence-electron chi connectivity index (χ0n) is 16.4. The number of carbonyl (C=O) groups is 1. The number of urea groups is 1. The van der Waals surface area contributed by atoms with E-state index in [1.807, 2.05) is 0 Å². The molecule has 164 valence electrons. The first-order chi connectivity index (χ1) is 14.7. The highest BCUT2D eigenvalue weighted by Gasteiger charge is 2.34. The van der Waals surface area contributed by atoms with Gasteiger partial charge in [-0.1, -0.05) is 23.7 Å². The first-order valence-corrected chi connectivity index (χ1v) is 9.92. The SMILES string of the molecule is N=CN(Cc1ccc(Cl)cc1)C(=N)[C@H]1CCCN1C(=O)Nc1ccc(C(F)(F)F)cc1. The van der Waals surface area contributed by atoms with Gasteiger partial charge in [0.15, 0.2) is 0 Å². The molecule has 1 saturated heterocycles. The molecule has 31 heavy (non-hydrogen) atoms. The van der Waals surface area contributed by atoms with Crippen molar-refractivity contribution >= 4 is 35.5 Å². The average Bonchev–Trinajstić information content (AvgIpc) is 3.23. The number of carbonyl (C=O) groups excluding carboxylic acids is 1. The highest BCUT2D eigenvalue weighted by Crippen LogP contribution is 2.30. The molecule has 2 amide bonds. The van der Waals surface area contributed by atoms with Crippen LogP contribution in [0.15, 0.2) is 48.5 Å². The summed E-state index contributed by atoms with van der Waals surface area (Å²) in [6.45, 7) is 0.691.